The summed E-state index contributed by atoms with van der Waals surface area (Å²) in [6.45, 7) is 1.83. The van der Waals surface area contributed by atoms with E-state index in [1.54, 1.807) is 26.0 Å². The van der Waals surface area contributed by atoms with Gasteiger partial charge in [0.2, 0.25) is 6.29 Å². The second-order valence-corrected chi connectivity index (χ2v) is 15.3. The van der Waals surface area contributed by atoms with Crippen LogP contribution >= 0.6 is 0 Å². The Labute approximate surface area is 366 Å². The van der Waals surface area contributed by atoms with E-state index in [2.05, 4.69) is 0 Å². The molecule has 0 aliphatic carbocycles. The Morgan fingerprint density at radius 3 is 1.98 bits per heavy atom. The molecule has 0 spiro atoms. The maximum absolute atomic E-state index is 13.3. The summed E-state index contributed by atoms with van der Waals surface area (Å²) in [5.74, 6) is -5.90. The lowest BCUT2D eigenvalue weighted by molar-refractivity contribution is -0.327. The largest absolute Gasteiger partial charge is 0.497 e. The van der Waals surface area contributed by atoms with Gasteiger partial charge in [0.05, 0.1) is 69.9 Å². The minimum absolute atomic E-state index is 0.0329. The third-order valence-corrected chi connectivity index (χ3v) is 11.3. The van der Waals surface area contributed by atoms with Crippen molar-refractivity contribution >= 4 is 30.2 Å². The topological polar surface area (TPSA) is 319 Å². The molecule has 5 rings (SSSR count). The quantitative estimate of drug-likeness (QED) is 0.0292. The number of ether oxygens (including phenoxy) is 10. The van der Waals surface area contributed by atoms with Crippen molar-refractivity contribution in [2.24, 2.45) is 17.8 Å². The Bertz CT molecular complexity index is 1880. The van der Waals surface area contributed by atoms with Crippen molar-refractivity contribution in [3.05, 3.63) is 65.1 Å². The fourth-order valence-electron chi connectivity index (χ4n) is 7.55. The molecule has 354 valence electrons. The molecule has 7 N–H and O–H groups in total. The number of aldehydes is 1. The molecule has 0 amide bonds. The summed E-state index contributed by atoms with van der Waals surface area (Å²) < 4.78 is 54.0. The normalized spacial score (nSPS) is 34.5. The average molecular weight is 911 g/mol. The van der Waals surface area contributed by atoms with Gasteiger partial charge in [0.15, 0.2) is 12.6 Å². The Morgan fingerprint density at radius 1 is 0.750 bits per heavy atom. The molecule has 0 aromatic heterocycles. The van der Waals surface area contributed by atoms with Gasteiger partial charge in [0, 0.05) is 17.4 Å². The van der Waals surface area contributed by atoms with E-state index in [-0.39, 0.29) is 35.5 Å². The fraction of sp³-hybridized carbons (Fsp3) is 0.595. The zero-order chi connectivity index (χ0) is 46.8. The first-order chi connectivity index (χ1) is 30.6. The number of aliphatic hydroxyl groups excluding tert-OH is 7. The molecule has 0 bridgehead atoms. The summed E-state index contributed by atoms with van der Waals surface area (Å²) in [6, 6.07) is 6.23. The van der Waals surface area contributed by atoms with E-state index in [1.165, 1.54) is 18.2 Å². The molecule has 15 atom stereocenters. The van der Waals surface area contributed by atoms with Crippen LogP contribution in [0.3, 0.4) is 0 Å². The standard InChI is InChI=1S/C42H54O22/c1-5-22-23(27(39(54)56-4)17-60-40(22)64-42-37(52)34(49)32(47)28(15-44)62-42)13-31(46)61-21-8-6-20(7-9-21)10-11-57-41-36(51)35(50)33(48)29(63-41)18-59-30(45)12-24-25(14-43)19(2)58-16-26(24)38(53)55-3/h5-9,14,16-17,19,23-25,28-29,32-37,40-42,44,47-52H,10-13,15,18H2,1-4H3. The highest BCUT2D eigenvalue weighted by Crippen LogP contribution is 2.37. The molecule has 15 unspecified atom stereocenters. The summed E-state index contributed by atoms with van der Waals surface area (Å²) in [6.07, 6.45) is -14.2. The molecular formula is C42H54O22. The maximum Gasteiger partial charge on any atom is 0.337 e. The molecule has 22 nitrogen and oxygen atoms in total. The molecule has 1 aromatic rings. The first kappa shape index (κ1) is 50.2. The summed E-state index contributed by atoms with van der Waals surface area (Å²) in [7, 11) is 2.27. The number of rotatable bonds is 17. The Morgan fingerprint density at radius 2 is 1.36 bits per heavy atom. The molecule has 1 aromatic carbocycles. The summed E-state index contributed by atoms with van der Waals surface area (Å²) in [5.41, 5.74) is 0.822. The molecule has 2 saturated heterocycles. The first-order valence-electron chi connectivity index (χ1n) is 20.3. The van der Waals surface area contributed by atoms with Crippen molar-refractivity contribution < 1.29 is 107 Å². The van der Waals surface area contributed by atoms with Crippen LogP contribution in [-0.4, -0.2) is 174 Å². The van der Waals surface area contributed by atoms with E-state index >= 15 is 0 Å². The van der Waals surface area contributed by atoms with Gasteiger partial charge in [-0.15, -0.1) is 0 Å². The maximum atomic E-state index is 13.3. The third-order valence-electron chi connectivity index (χ3n) is 11.3. The highest BCUT2D eigenvalue weighted by Gasteiger charge is 2.48. The lowest BCUT2D eigenvalue weighted by atomic mass is 9.80. The van der Waals surface area contributed by atoms with Gasteiger partial charge in [0.25, 0.3) is 0 Å². The summed E-state index contributed by atoms with van der Waals surface area (Å²) in [5, 5.41) is 72.0. The number of aliphatic hydroxyl groups is 7. The monoisotopic (exact) mass is 910 g/mol. The second kappa shape index (κ2) is 22.9. The van der Waals surface area contributed by atoms with Gasteiger partial charge in [-0.1, -0.05) is 18.2 Å². The number of carbonyl (C=O) groups excluding carboxylic acids is 5. The van der Waals surface area contributed by atoms with Crippen molar-refractivity contribution in [3.8, 4) is 5.75 Å². The number of methoxy groups -OCH3 is 2. The fourth-order valence-corrected chi connectivity index (χ4v) is 7.55. The van der Waals surface area contributed by atoms with Crippen LogP contribution in [0.4, 0.5) is 0 Å². The van der Waals surface area contributed by atoms with Gasteiger partial charge in [-0.25, -0.2) is 9.59 Å². The minimum atomic E-state index is -1.75. The van der Waals surface area contributed by atoms with Crippen molar-refractivity contribution in [1.29, 1.82) is 0 Å². The molecule has 22 heteroatoms. The number of hydrogen-bond acceptors (Lipinski definition) is 22. The number of benzene rings is 1. The first-order valence-corrected chi connectivity index (χ1v) is 20.3. The predicted molar refractivity (Wildman–Crippen MR) is 209 cm³/mol. The van der Waals surface area contributed by atoms with Crippen molar-refractivity contribution in [1.82, 2.24) is 0 Å². The smallest absolute Gasteiger partial charge is 0.337 e. The number of allylic oxidation sites excluding steroid dienone is 1. The van der Waals surface area contributed by atoms with E-state index in [4.69, 9.17) is 47.4 Å². The molecule has 4 heterocycles. The van der Waals surface area contributed by atoms with Crippen LogP contribution in [0.2, 0.25) is 0 Å². The van der Waals surface area contributed by atoms with Crippen molar-refractivity contribution in [2.75, 3.05) is 34.0 Å². The second-order valence-electron chi connectivity index (χ2n) is 15.3. The summed E-state index contributed by atoms with van der Waals surface area (Å²) in [4.78, 5) is 63.0. The van der Waals surface area contributed by atoms with Crippen LogP contribution in [0.1, 0.15) is 32.3 Å². The highest BCUT2D eigenvalue weighted by molar-refractivity contribution is 5.91. The van der Waals surface area contributed by atoms with Crippen LogP contribution in [-0.2, 0) is 73.0 Å². The van der Waals surface area contributed by atoms with Crippen LogP contribution in [0, 0.1) is 17.8 Å². The molecule has 64 heavy (non-hydrogen) atoms. The number of carbonyl (C=O) groups is 5. The Hall–Kier alpha value is -4.85. The van der Waals surface area contributed by atoms with E-state index in [1.807, 2.05) is 0 Å². The molecule has 4 aliphatic rings. The average Bonchev–Trinajstić information content (AvgIpc) is 3.29. The zero-order valence-corrected chi connectivity index (χ0v) is 35.3. The van der Waals surface area contributed by atoms with Crippen molar-refractivity contribution in [3.63, 3.8) is 0 Å². The van der Waals surface area contributed by atoms with Gasteiger partial charge in [0.1, 0.15) is 73.6 Å². The van der Waals surface area contributed by atoms with Gasteiger partial charge in [-0.2, -0.15) is 0 Å². The zero-order valence-electron chi connectivity index (χ0n) is 35.3. The SMILES string of the molecule is CC=C1C(OC2OC(CO)C(O)C(O)C2O)OC=C(C(=O)OC)C1CC(=O)Oc1ccc(CCOC2OC(COC(=O)CC3C(C(=O)OC)=COC(C)C3C=O)C(O)C(O)C2O)cc1. The summed E-state index contributed by atoms with van der Waals surface area (Å²) >= 11 is 0. The lowest BCUT2D eigenvalue weighted by Crippen LogP contribution is -2.60. The van der Waals surface area contributed by atoms with E-state index in [0.717, 1.165) is 26.7 Å². The molecule has 2 fully saturated rings. The van der Waals surface area contributed by atoms with Gasteiger partial charge >= 0.3 is 23.9 Å². The number of esters is 4. The highest BCUT2D eigenvalue weighted by atomic mass is 16.8. The molecule has 0 saturated carbocycles. The van der Waals surface area contributed by atoms with E-state index in [9.17, 15) is 59.7 Å². The third kappa shape index (κ3) is 11.7. The molecule has 0 radical (unpaired) electrons. The number of hydrogen-bond donors (Lipinski definition) is 7. The van der Waals surface area contributed by atoms with E-state index < -0.39 is 141 Å². The molecular weight excluding hydrogens is 856 g/mol. The molecule has 4 aliphatic heterocycles. The van der Waals surface area contributed by atoms with Crippen LogP contribution in [0.25, 0.3) is 0 Å². The predicted octanol–water partition coefficient (Wildman–Crippen LogP) is -2.02. The Balaban J connectivity index is 1.13. The van der Waals surface area contributed by atoms with Gasteiger partial charge in [-0.05, 0) is 38.0 Å². The van der Waals surface area contributed by atoms with Crippen LogP contribution in [0.5, 0.6) is 5.75 Å². The van der Waals surface area contributed by atoms with Gasteiger partial charge in [-0.3, -0.25) is 9.59 Å². The van der Waals surface area contributed by atoms with Crippen LogP contribution < -0.4 is 4.74 Å². The minimum Gasteiger partial charge on any atom is -0.497 e. The lowest BCUT2D eigenvalue weighted by Gasteiger charge is -2.41. The van der Waals surface area contributed by atoms with Crippen molar-refractivity contribution in [2.45, 2.75) is 107 Å². The van der Waals surface area contributed by atoms with Crippen LogP contribution in [0.15, 0.2) is 59.6 Å². The Kier molecular flexibility index (Phi) is 17.9. The van der Waals surface area contributed by atoms with E-state index in [0.29, 0.717) is 11.8 Å². The van der Waals surface area contributed by atoms with Gasteiger partial charge < -0.3 is 87.9 Å².